The number of hydrogen-bond donors (Lipinski definition) is 1. The lowest BCUT2D eigenvalue weighted by molar-refractivity contribution is -0.151. The number of likely N-dealkylation sites (tertiary alicyclic amines) is 1. The molecule has 1 fully saturated rings. The molecule has 3 aromatic rings. The Hall–Kier alpha value is -3.16. The van der Waals surface area contributed by atoms with E-state index in [0.29, 0.717) is 50.3 Å². The molecule has 0 bridgehead atoms. The number of hydrogen-bond acceptors (Lipinski definition) is 4. The van der Waals surface area contributed by atoms with E-state index in [2.05, 4.69) is 22.1 Å². The van der Waals surface area contributed by atoms with Crippen LogP contribution in [0.25, 0.3) is 0 Å². The minimum absolute atomic E-state index is 0.0354. The summed E-state index contributed by atoms with van der Waals surface area (Å²) in [5.41, 5.74) is 1.62. The summed E-state index contributed by atoms with van der Waals surface area (Å²) in [5, 5.41) is 0.692. The minimum atomic E-state index is -0.619. The van der Waals surface area contributed by atoms with Crippen LogP contribution in [0.2, 0.25) is 5.02 Å². The van der Waals surface area contributed by atoms with Gasteiger partial charge in [-0.1, -0.05) is 54.1 Å². The highest BCUT2D eigenvalue weighted by Gasteiger charge is 2.45. The number of H-pyrrole nitrogens is 1. The maximum atomic E-state index is 14.6. The van der Waals surface area contributed by atoms with Gasteiger partial charge in [0.25, 0.3) is 0 Å². The van der Waals surface area contributed by atoms with Crippen molar-refractivity contribution in [2.24, 2.45) is 5.41 Å². The fraction of sp³-hybridized carbons (Fsp3) is 0.414. The van der Waals surface area contributed by atoms with Crippen LogP contribution in [0.1, 0.15) is 42.8 Å². The number of nitrogens with zero attached hydrogens (tertiary/aromatic N) is 3. The van der Waals surface area contributed by atoms with Crippen LogP contribution in [0.4, 0.5) is 0 Å². The Morgan fingerprint density at radius 1 is 1.11 bits per heavy atom. The lowest BCUT2D eigenvalue weighted by Gasteiger charge is -2.44. The maximum absolute atomic E-state index is 14.6. The average molecular weight is 523 g/mol. The van der Waals surface area contributed by atoms with Crippen LogP contribution >= 0.6 is 11.6 Å². The van der Waals surface area contributed by atoms with Crippen LogP contribution in [0.5, 0.6) is 0 Å². The maximum Gasteiger partial charge on any atom is 0.248 e. The van der Waals surface area contributed by atoms with E-state index in [1.807, 2.05) is 59.2 Å². The molecule has 0 radical (unpaired) electrons. The Morgan fingerprint density at radius 3 is 2.43 bits per heavy atom. The van der Waals surface area contributed by atoms with E-state index in [9.17, 15) is 9.59 Å². The summed E-state index contributed by atoms with van der Waals surface area (Å²) in [6, 6.07) is 17.7. The molecule has 1 atom stereocenters. The molecule has 196 valence electrons. The van der Waals surface area contributed by atoms with E-state index in [1.165, 1.54) is 7.11 Å². The average Bonchev–Trinajstić information content (AvgIpc) is 3.46. The van der Waals surface area contributed by atoms with Crippen LogP contribution in [-0.4, -0.2) is 64.9 Å². The van der Waals surface area contributed by atoms with Crippen molar-refractivity contribution in [3.8, 4) is 0 Å². The molecule has 2 amide bonds. The molecule has 1 aliphatic rings. The number of nitrogens with one attached hydrogen (secondary N) is 1. The molecule has 1 unspecified atom stereocenters. The number of methoxy groups -OCH3 is 1. The molecule has 1 aromatic heterocycles. The Labute approximate surface area is 223 Å². The van der Waals surface area contributed by atoms with Crippen molar-refractivity contribution in [3.63, 3.8) is 0 Å². The number of rotatable bonds is 10. The first-order chi connectivity index (χ1) is 17.9. The summed E-state index contributed by atoms with van der Waals surface area (Å²) in [7, 11) is 1.53. The number of imidazole rings is 1. The number of benzene rings is 2. The second kappa shape index (κ2) is 12.4. The minimum Gasteiger partial charge on any atom is -0.375 e. The summed E-state index contributed by atoms with van der Waals surface area (Å²) < 4.78 is 5.06. The third-order valence-corrected chi connectivity index (χ3v) is 7.63. The van der Waals surface area contributed by atoms with Gasteiger partial charge in [0.1, 0.15) is 12.4 Å². The molecule has 7 nitrogen and oxygen atoms in total. The predicted octanol–water partition coefficient (Wildman–Crippen LogP) is 4.69. The molecule has 2 aromatic carbocycles. The number of aromatic amines is 1. The highest BCUT2D eigenvalue weighted by molar-refractivity contribution is 6.30. The third kappa shape index (κ3) is 6.59. The van der Waals surface area contributed by atoms with Crippen LogP contribution in [-0.2, 0) is 27.2 Å². The lowest BCUT2D eigenvalue weighted by Crippen LogP contribution is -2.53. The molecular formula is C29H35ClN4O3. The quantitative estimate of drug-likeness (QED) is 0.419. The molecule has 1 N–H and O–H groups in total. The molecule has 37 heavy (non-hydrogen) atoms. The molecule has 8 heteroatoms. The lowest BCUT2D eigenvalue weighted by atomic mass is 9.72. The number of halogens is 1. The summed E-state index contributed by atoms with van der Waals surface area (Å²) in [6.45, 7) is 3.68. The highest BCUT2D eigenvalue weighted by atomic mass is 35.5. The van der Waals surface area contributed by atoms with Gasteiger partial charge in [0.05, 0.1) is 11.5 Å². The van der Waals surface area contributed by atoms with Gasteiger partial charge in [-0.3, -0.25) is 9.59 Å². The molecule has 1 aliphatic heterocycles. The fourth-order valence-corrected chi connectivity index (χ4v) is 5.31. The summed E-state index contributed by atoms with van der Waals surface area (Å²) >= 11 is 6.08. The van der Waals surface area contributed by atoms with E-state index < -0.39 is 5.41 Å². The predicted molar refractivity (Wildman–Crippen MR) is 144 cm³/mol. The Bertz CT molecular complexity index is 1140. The second-order valence-electron chi connectivity index (χ2n) is 9.78. The van der Waals surface area contributed by atoms with Crippen molar-refractivity contribution in [2.45, 2.75) is 38.6 Å². The van der Waals surface area contributed by atoms with Crippen LogP contribution in [0, 0.1) is 5.41 Å². The molecule has 0 saturated carbocycles. The normalized spacial score (nSPS) is 15.8. The summed E-state index contributed by atoms with van der Waals surface area (Å²) in [5.74, 6) is 0.826. The molecule has 0 aliphatic carbocycles. The zero-order valence-electron chi connectivity index (χ0n) is 21.5. The van der Waals surface area contributed by atoms with Gasteiger partial charge in [-0.2, -0.15) is 0 Å². The number of aromatic nitrogens is 2. The number of ether oxygens (including phenoxy) is 1. The van der Waals surface area contributed by atoms with Gasteiger partial charge in [0, 0.05) is 44.2 Å². The van der Waals surface area contributed by atoms with Gasteiger partial charge in [0.15, 0.2) is 0 Å². The Balaban J connectivity index is 1.62. The molecule has 2 heterocycles. The molecule has 4 rings (SSSR count). The van der Waals surface area contributed by atoms with Crippen LogP contribution in [0.15, 0.2) is 67.0 Å². The van der Waals surface area contributed by atoms with E-state index in [1.54, 1.807) is 12.4 Å². The smallest absolute Gasteiger partial charge is 0.248 e. The first-order valence-electron chi connectivity index (χ1n) is 12.8. The van der Waals surface area contributed by atoms with E-state index in [-0.39, 0.29) is 24.5 Å². The largest absolute Gasteiger partial charge is 0.375 e. The topological polar surface area (TPSA) is 78.5 Å². The summed E-state index contributed by atoms with van der Waals surface area (Å²) in [6.07, 6.45) is 6.02. The Kier molecular flexibility index (Phi) is 9.00. The fourth-order valence-electron chi connectivity index (χ4n) is 5.18. The molecular weight excluding hydrogens is 488 g/mol. The van der Waals surface area contributed by atoms with Crippen molar-refractivity contribution in [1.29, 1.82) is 0 Å². The van der Waals surface area contributed by atoms with Gasteiger partial charge in [-0.15, -0.1) is 0 Å². The van der Waals surface area contributed by atoms with Gasteiger partial charge in [0.2, 0.25) is 11.8 Å². The van der Waals surface area contributed by atoms with Crippen LogP contribution < -0.4 is 0 Å². The number of amides is 2. The molecule has 0 spiro atoms. The van der Waals surface area contributed by atoms with Crippen molar-refractivity contribution in [1.82, 2.24) is 19.8 Å². The Morgan fingerprint density at radius 2 is 1.81 bits per heavy atom. The van der Waals surface area contributed by atoms with Gasteiger partial charge in [-0.25, -0.2) is 4.98 Å². The summed E-state index contributed by atoms with van der Waals surface area (Å²) in [4.78, 5) is 38.5. The van der Waals surface area contributed by atoms with Gasteiger partial charge >= 0.3 is 0 Å². The second-order valence-corrected chi connectivity index (χ2v) is 10.2. The first kappa shape index (κ1) is 26.9. The zero-order valence-corrected chi connectivity index (χ0v) is 22.3. The number of carbonyl (C=O) groups is 2. The van der Waals surface area contributed by atoms with Crippen molar-refractivity contribution in [3.05, 3.63) is 89.0 Å². The highest BCUT2D eigenvalue weighted by Crippen LogP contribution is 2.39. The van der Waals surface area contributed by atoms with Crippen molar-refractivity contribution < 1.29 is 14.3 Å². The van der Waals surface area contributed by atoms with E-state index >= 15 is 0 Å². The number of piperidine rings is 1. The zero-order chi connectivity index (χ0) is 26.3. The third-order valence-electron chi connectivity index (χ3n) is 7.38. The van der Waals surface area contributed by atoms with Crippen molar-refractivity contribution in [2.75, 3.05) is 33.4 Å². The standard InChI is InChI=1S/C29H35ClN4O3/c1-22(27-31-15-16-32-27)34(17-12-23-8-10-25(30)11-9-23)28(36)29(20-24-6-4-3-5-7-24)13-18-33(19-14-29)26(35)21-37-2/h3-11,15-16,22H,12-14,17-21H2,1-2H3,(H,31,32). The van der Waals surface area contributed by atoms with E-state index in [0.717, 1.165) is 17.0 Å². The monoisotopic (exact) mass is 522 g/mol. The first-order valence-corrected chi connectivity index (χ1v) is 13.1. The van der Waals surface area contributed by atoms with E-state index in [4.69, 9.17) is 16.3 Å². The van der Waals surface area contributed by atoms with Gasteiger partial charge in [-0.05, 0) is 55.9 Å². The number of carbonyl (C=O) groups excluding carboxylic acids is 2. The van der Waals surface area contributed by atoms with Crippen molar-refractivity contribution >= 4 is 23.4 Å². The SMILES string of the molecule is COCC(=O)N1CCC(Cc2ccccc2)(C(=O)N(CCc2ccc(Cl)cc2)C(C)c2ncc[nH]2)CC1. The van der Waals surface area contributed by atoms with Crippen LogP contribution in [0.3, 0.4) is 0 Å². The molecule has 1 saturated heterocycles. The van der Waals surface area contributed by atoms with Gasteiger partial charge < -0.3 is 19.5 Å².